The molecule has 0 aromatic heterocycles. The smallest absolute Gasteiger partial charge is 0.341 e. The van der Waals surface area contributed by atoms with Crippen molar-refractivity contribution in [2.24, 2.45) is 0 Å². The molecular formula is C11H13FO4. The monoisotopic (exact) mass is 228 g/mol. The maximum absolute atomic E-state index is 13.0. The molecule has 1 aromatic carbocycles. The third-order valence-corrected chi connectivity index (χ3v) is 2.15. The Kier molecular flexibility index (Phi) is 4.39. The van der Waals surface area contributed by atoms with Gasteiger partial charge in [-0.2, -0.15) is 0 Å². The first kappa shape index (κ1) is 12.6. The molecule has 2 atom stereocenters. The van der Waals surface area contributed by atoms with Gasteiger partial charge in [-0.3, -0.25) is 0 Å². The average Bonchev–Trinajstić information content (AvgIpc) is 2.28. The van der Waals surface area contributed by atoms with E-state index in [9.17, 15) is 14.3 Å². The molecule has 1 rings (SSSR count). The molecule has 0 bridgehead atoms. The lowest BCUT2D eigenvalue weighted by molar-refractivity contribution is -0.147. The number of ether oxygens (including phenoxy) is 1. The molecule has 2 unspecified atom stereocenters. The van der Waals surface area contributed by atoms with Crippen LogP contribution in [0.15, 0.2) is 24.3 Å². The number of carboxylic acid groups (broad SMARTS) is 1. The number of carbonyl (C=O) groups is 1. The van der Waals surface area contributed by atoms with Gasteiger partial charge in [-0.15, -0.1) is 0 Å². The molecule has 1 aromatic rings. The van der Waals surface area contributed by atoms with Crippen molar-refractivity contribution in [3.05, 3.63) is 35.4 Å². The van der Waals surface area contributed by atoms with Crippen LogP contribution in [-0.4, -0.2) is 29.5 Å². The predicted molar refractivity (Wildman–Crippen MR) is 54.6 cm³/mol. The van der Waals surface area contributed by atoms with Crippen LogP contribution in [0.5, 0.6) is 0 Å². The van der Waals surface area contributed by atoms with E-state index >= 15 is 0 Å². The van der Waals surface area contributed by atoms with Crippen molar-refractivity contribution in [3.8, 4) is 0 Å². The van der Waals surface area contributed by atoms with Crippen LogP contribution in [0.2, 0.25) is 0 Å². The zero-order valence-corrected chi connectivity index (χ0v) is 8.76. The quantitative estimate of drug-likeness (QED) is 0.796. The van der Waals surface area contributed by atoms with Crippen molar-refractivity contribution in [2.75, 3.05) is 7.11 Å². The highest BCUT2D eigenvalue weighted by Gasteiger charge is 2.26. The third-order valence-electron chi connectivity index (χ3n) is 2.15. The molecule has 2 N–H and O–H groups in total. The van der Waals surface area contributed by atoms with Crippen molar-refractivity contribution < 1.29 is 24.1 Å². The van der Waals surface area contributed by atoms with Crippen LogP contribution in [0, 0.1) is 0 Å². The topological polar surface area (TPSA) is 66.8 Å². The molecule has 4 nitrogen and oxygen atoms in total. The van der Waals surface area contributed by atoms with Crippen molar-refractivity contribution in [2.45, 2.75) is 18.9 Å². The van der Waals surface area contributed by atoms with E-state index in [1.807, 2.05) is 0 Å². The summed E-state index contributed by atoms with van der Waals surface area (Å²) in [6.07, 6.45) is -3.96. The number of rotatable bonds is 5. The summed E-state index contributed by atoms with van der Waals surface area (Å²) in [7, 11) is 1.55. The van der Waals surface area contributed by atoms with Gasteiger partial charge in [0.2, 0.25) is 6.17 Å². The van der Waals surface area contributed by atoms with Crippen LogP contribution in [0.25, 0.3) is 0 Å². The lowest BCUT2D eigenvalue weighted by Crippen LogP contribution is -2.23. The van der Waals surface area contributed by atoms with E-state index in [0.29, 0.717) is 6.61 Å². The molecule has 0 spiro atoms. The van der Waals surface area contributed by atoms with Gasteiger partial charge < -0.3 is 14.9 Å². The second-order valence-electron chi connectivity index (χ2n) is 3.36. The van der Waals surface area contributed by atoms with Gasteiger partial charge in [0.05, 0.1) is 6.61 Å². The summed E-state index contributed by atoms with van der Waals surface area (Å²) >= 11 is 0. The Hall–Kier alpha value is -1.46. The lowest BCUT2D eigenvalue weighted by Gasteiger charge is -2.12. The molecular weight excluding hydrogens is 215 g/mol. The Balaban J connectivity index is 2.77. The molecule has 0 amide bonds. The fraction of sp³-hybridized carbons (Fsp3) is 0.364. The molecule has 0 aliphatic heterocycles. The number of halogens is 1. The Morgan fingerprint density at radius 3 is 2.44 bits per heavy atom. The van der Waals surface area contributed by atoms with Crippen molar-refractivity contribution >= 4 is 5.97 Å². The number of benzene rings is 1. The van der Waals surface area contributed by atoms with Crippen molar-refractivity contribution in [1.82, 2.24) is 0 Å². The fourth-order valence-electron chi connectivity index (χ4n) is 1.28. The van der Waals surface area contributed by atoms with Gasteiger partial charge in [0, 0.05) is 7.11 Å². The summed E-state index contributed by atoms with van der Waals surface area (Å²) in [5.41, 5.74) is 1.10. The van der Waals surface area contributed by atoms with Crippen LogP contribution >= 0.6 is 0 Å². The third kappa shape index (κ3) is 3.01. The molecule has 0 radical (unpaired) electrons. The second kappa shape index (κ2) is 5.58. The molecule has 5 heteroatoms. The fourth-order valence-corrected chi connectivity index (χ4v) is 1.28. The van der Waals surface area contributed by atoms with E-state index < -0.39 is 18.2 Å². The maximum atomic E-state index is 13.0. The van der Waals surface area contributed by atoms with Gasteiger partial charge in [-0.05, 0) is 11.1 Å². The molecule has 88 valence electrons. The van der Waals surface area contributed by atoms with Crippen LogP contribution in [-0.2, 0) is 16.1 Å². The van der Waals surface area contributed by atoms with Gasteiger partial charge in [0.25, 0.3) is 0 Å². The van der Waals surface area contributed by atoms with Crippen LogP contribution in [0.3, 0.4) is 0 Å². The number of methoxy groups -OCH3 is 1. The highest BCUT2D eigenvalue weighted by Crippen LogP contribution is 2.20. The Morgan fingerprint density at radius 2 is 2.00 bits per heavy atom. The van der Waals surface area contributed by atoms with Crippen molar-refractivity contribution in [1.29, 1.82) is 0 Å². The average molecular weight is 228 g/mol. The Bertz CT molecular complexity index is 350. The molecule has 0 aliphatic carbocycles. The van der Waals surface area contributed by atoms with Crippen LogP contribution in [0.4, 0.5) is 4.39 Å². The summed E-state index contributed by atoms with van der Waals surface area (Å²) in [6, 6.07) is 6.26. The highest BCUT2D eigenvalue weighted by atomic mass is 19.1. The van der Waals surface area contributed by atoms with E-state index in [2.05, 4.69) is 0 Å². The van der Waals surface area contributed by atoms with E-state index in [1.54, 1.807) is 19.2 Å². The van der Waals surface area contributed by atoms with Gasteiger partial charge >= 0.3 is 5.97 Å². The van der Waals surface area contributed by atoms with E-state index in [1.165, 1.54) is 12.1 Å². The number of hydrogen-bond donors (Lipinski definition) is 2. The molecule has 0 fully saturated rings. The first-order valence-corrected chi connectivity index (χ1v) is 4.69. The van der Waals surface area contributed by atoms with Crippen LogP contribution < -0.4 is 0 Å². The first-order chi connectivity index (χ1) is 7.56. The number of aliphatic hydroxyl groups excluding tert-OH is 1. The van der Waals surface area contributed by atoms with Gasteiger partial charge in [-0.25, -0.2) is 9.18 Å². The normalized spacial score (nSPS) is 14.4. The highest BCUT2D eigenvalue weighted by molar-refractivity contribution is 5.73. The van der Waals surface area contributed by atoms with E-state index in [4.69, 9.17) is 9.84 Å². The minimum atomic E-state index is -2.31. The number of aliphatic hydroxyl groups is 1. The SMILES string of the molecule is COCc1ccc(C(O)C(F)C(=O)O)cc1. The number of carboxylic acids is 1. The van der Waals surface area contributed by atoms with Crippen molar-refractivity contribution in [3.63, 3.8) is 0 Å². The minimum Gasteiger partial charge on any atom is -0.479 e. The van der Waals surface area contributed by atoms with Gasteiger partial charge in [0.15, 0.2) is 0 Å². The second-order valence-corrected chi connectivity index (χ2v) is 3.36. The first-order valence-electron chi connectivity index (χ1n) is 4.69. The molecule has 0 heterocycles. The molecule has 0 saturated carbocycles. The molecule has 16 heavy (non-hydrogen) atoms. The summed E-state index contributed by atoms with van der Waals surface area (Å²) in [5, 5.41) is 17.8. The van der Waals surface area contributed by atoms with E-state index in [-0.39, 0.29) is 5.56 Å². The summed E-state index contributed by atoms with van der Waals surface area (Å²) in [4.78, 5) is 10.3. The minimum absolute atomic E-state index is 0.231. The van der Waals surface area contributed by atoms with Gasteiger partial charge in [-0.1, -0.05) is 24.3 Å². The zero-order valence-electron chi connectivity index (χ0n) is 8.76. The van der Waals surface area contributed by atoms with E-state index in [0.717, 1.165) is 5.56 Å². The standard InChI is InChI=1S/C11H13FO4/c1-16-6-7-2-4-8(5-3-7)10(13)9(12)11(14)15/h2-5,9-10,13H,6H2,1H3,(H,14,15). The number of alkyl halides is 1. The Labute approximate surface area is 92.3 Å². The van der Waals surface area contributed by atoms with Gasteiger partial charge in [0.1, 0.15) is 6.10 Å². The zero-order chi connectivity index (χ0) is 12.1. The molecule has 0 aliphatic rings. The summed E-state index contributed by atoms with van der Waals surface area (Å²) in [5.74, 6) is -1.67. The predicted octanol–water partition coefficient (Wildman–Crippen LogP) is 1.29. The number of hydrogen-bond acceptors (Lipinski definition) is 3. The maximum Gasteiger partial charge on any atom is 0.341 e. The lowest BCUT2D eigenvalue weighted by atomic mass is 10.0. The Morgan fingerprint density at radius 1 is 1.44 bits per heavy atom. The summed E-state index contributed by atoms with van der Waals surface area (Å²) < 4.78 is 17.9. The molecule has 0 saturated heterocycles. The number of aliphatic carboxylic acids is 1. The van der Waals surface area contributed by atoms with Crippen LogP contribution in [0.1, 0.15) is 17.2 Å². The summed E-state index contributed by atoms with van der Waals surface area (Å²) in [6.45, 7) is 0.411. The largest absolute Gasteiger partial charge is 0.479 e.